The van der Waals surface area contributed by atoms with Crippen LogP contribution in [0.1, 0.15) is 58.8 Å². The third-order valence-corrected chi connectivity index (χ3v) is 7.39. The van der Waals surface area contributed by atoms with Gasteiger partial charge < -0.3 is 14.4 Å². The fourth-order valence-electron chi connectivity index (χ4n) is 5.99. The second-order valence-corrected chi connectivity index (χ2v) is 8.97. The molecule has 126 valence electrons. The van der Waals surface area contributed by atoms with E-state index < -0.39 is 0 Å². The predicted octanol–water partition coefficient (Wildman–Crippen LogP) is 2.26. The minimum Gasteiger partial charge on any atom is -0.350 e. The second kappa shape index (κ2) is 6.07. The molecular weight excluding hydrogens is 274 g/mol. The lowest BCUT2D eigenvalue weighted by molar-refractivity contribution is -0.907. The number of hydrogen-bond acceptors (Lipinski definition) is 2. The zero-order valence-electron chi connectivity index (χ0n) is 14.5. The Balaban J connectivity index is 1.28. The van der Waals surface area contributed by atoms with Crippen molar-refractivity contribution in [2.45, 2.75) is 71.2 Å². The summed E-state index contributed by atoms with van der Waals surface area (Å²) in [6.07, 6.45) is 10.2. The normalized spacial score (nSPS) is 44.7. The molecule has 4 rings (SSSR count). The highest BCUT2D eigenvalue weighted by Crippen LogP contribution is 2.60. The van der Waals surface area contributed by atoms with Crippen molar-refractivity contribution in [1.82, 2.24) is 0 Å². The van der Waals surface area contributed by atoms with Gasteiger partial charge in [-0.25, -0.2) is 0 Å². The van der Waals surface area contributed by atoms with Crippen LogP contribution in [0.3, 0.4) is 0 Å². The maximum absolute atomic E-state index is 6.28. The van der Waals surface area contributed by atoms with Gasteiger partial charge in [-0.05, 0) is 61.7 Å². The highest BCUT2D eigenvalue weighted by atomic mass is 16.7. The average molecular weight is 308 g/mol. The minimum atomic E-state index is 0.0813. The van der Waals surface area contributed by atoms with E-state index in [0.717, 1.165) is 37.3 Å². The molecule has 2 aliphatic heterocycles. The predicted molar refractivity (Wildman–Crippen MR) is 86.7 cm³/mol. The van der Waals surface area contributed by atoms with Crippen LogP contribution < -0.4 is 4.90 Å². The van der Waals surface area contributed by atoms with Gasteiger partial charge in [-0.2, -0.15) is 0 Å². The van der Waals surface area contributed by atoms with Gasteiger partial charge in [-0.3, -0.25) is 0 Å². The summed E-state index contributed by atoms with van der Waals surface area (Å²) in [7, 11) is 0. The average Bonchev–Trinajstić information content (AvgIpc) is 3.19. The Kier molecular flexibility index (Phi) is 4.25. The molecule has 0 unspecified atom stereocenters. The SMILES string of the molecule is CC1(C)[C@H]2CC[C@@H](C2)[C@@H]1C[C@@H]1OC[C@H](C[NH+]2CCCCC2)O1. The van der Waals surface area contributed by atoms with Crippen LogP contribution in [0.2, 0.25) is 0 Å². The molecule has 4 fully saturated rings. The summed E-state index contributed by atoms with van der Waals surface area (Å²) in [5.41, 5.74) is 0.506. The topological polar surface area (TPSA) is 22.9 Å². The highest BCUT2D eigenvalue weighted by molar-refractivity contribution is 5.01. The summed E-state index contributed by atoms with van der Waals surface area (Å²) in [6, 6.07) is 0. The van der Waals surface area contributed by atoms with Crippen LogP contribution in [0.5, 0.6) is 0 Å². The van der Waals surface area contributed by atoms with Crippen molar-refractivity contribution < 1.29 is 14.4 Å². The van der Waals surface area contributed by atoms with Crippen molar-refractivity contribution in [2.75, 3.05) is 26.2 Å². The van der Waals surface area contributed by atoms with E-state index in [-0.39, 0.29) is 6.29 Å². The van der Waals surface area contributed by atoms with Gasteiger partial charge in [0.05, 0.1) is 19.7 Å². The molecule has 0 radical (unpaired) electrons. The van der Waals surface area contributed by atoms with Crippen molar-refractivity contribution in [3.8, 4) is 0 Å². The van der Waals surface area contributed by atoms with E-state index in [1.807, 2.05) is 0 Å². The molecule has 0 spiro atoms. The lowest BCUT2D eigenvalue weighted by atomic mass is 9.67. The minimum absolute atomic E-state index is 0.0813. The van der Waals surface area contributed by atoms with Gasteiger partial charge in [-0.1, -0.05) is 13.8 Å². The number of rotatable bonds is 4. The van der Waals surface area contributed by atoms with Crippen molar-refractivity contribution in [3.63, 3.8) is 0 Å². The highest BCUT2D eigenvalue weighted by Gasteiger charge is 2.53. The van der Waals surface area contributed by atoms with E-state index >= 15 is 0 Å². The van der Waals surface area contributed by atoms with E-state index in [1.165, 1.54) is 51.6 Å². The Labute approximate surface area is 135 Å². The van der Waals surface area contributed by atoms with Crippen LogP contribution in [0, 0.1) is 23.2 Å². The fraction of sp³-hybridized carbons (Fsp3) is 1.00. The Morgan fingerprint density at radius 2 is 1.91 bits per heavy atom. The van der Waals surface area contributed by atoms with E-state index in [1.54, 1.807) is 4.90 Å². The first-order chi connectivity index (χ1) is 10.6. The third kappa shape index (κ3) is 2.85. The molecule has 0 aromatic heterocycles. The number of likely N-dealkylation sites (tertiary alicyclic amines) is 1. The van der Waals surface area contributed by atoms with Crippen LogP contribution in [-0.4, -0.2) is 38.6 Å². The first kappa shape index (κ1) is 15.4. The van der Waals surface area contributed by atoms with Crippen molar-refractivity contribution in [1.29, 1.82) is 0 Å². The maximum Gasteiger partial charge on any atom is 0.158 e. The summed E-state index contributed by atoms with van der Waals surface area (Å²) >= 11 is 0. The summed E-state index contributed by atoms with van der Waals surface area (Å²) in [5.74, 6) is 2.72. The molecule has 4 aliphatic rings. The Hall–Kier alpha value is -0.120. The number of fused-ring (bicyclic) bond motifs is 2. The monoisotopic (exact) mass is 308 g/mol. The van der Waals surface area contributed by atoms with Gasteiger partial charge >= 0.3 is 0 Å². The molecule has 0 aromatic carbocycles. The quantitative estimate of drug-likeness (QED) is 0.861. The molecule has 1 N–H and O–H groups in total. The third-order valence-electron chi connectivity index (χ3n) is 7.39. The lowest BCUT2D eigenvalue weighted by Crippen LogP contribution is -3.13. The molecule has 0 amide bonds. The Morgan fingerprint density at radius 1 is 1.09 bits per heavy atom. The van der Waals surface area contributed by atoms with Gasteiger partial charge in [0, 0.05) is 6.42 Å². The molecule has 5 atom stereocenters. The Bertz CT molecular complexity index is 391. The molecule has 2 heterocycles. The molecule has 22 heavy (non-hydrogen) atoms. The van der Waals surface area contributed by atoms with Crippen molar-refractivity contribution >= 4 is 0 Å². The first-order valence-corrected chi connectivity index (χ1v) is 9.73. The summed E-state index contributed by atoms with van der Waals surface area (Å²) in [6.45, 7) is 9.65. The van der Waals surface area contributed by atoms with Crippen LogP contribution in [0.25, 0.3) is 0 Å². The lowest BCUT2D eigenvalue weighted by Gasteiger charge is -2.39. The number of hydrogen-bond donors (Lipinski definition) is 1. The van der Waals surface area contributed by atoms with E-state index in [2.05, 4.69) is 13.8 Å². The smallest absolute Gasteiger partial charge is 0.158 e. The van der Waals surface area contributed by atoms with Gasteiger partial charge in [0.2, 0.25) is 0 Å². The van der Waals surface area contributed by atoms with Crippen LogP contribution >= 0.6 is 0 Å². The van der Waals surface area contributed by atoms with Crippen LogP contribution in [0.15, 0.2) is 0 Å². The molecular formula is C19H34NO2+. The fourth-order valence-corrected chi connectivity index (χ4v) is 5.99. The van der Waals surface area contributed by atoms with Gasteiger partial charge in [0.15, 0.2) is 6.29 Å². The molecule has 3 nitrogen and oxygen atoms in total. The number of piperidine rings is 1. The number of ether oxygens (including phenoxy) is 2. The largest absolute Gasteiger partial charge is 0.350 e. The molecule has 2 saturated carbocycles. The zero-order chi connectivity index (χ0) is 15.2. The number of quaternary nitrogens is 1. The molecule has 3 heteroatoms. The molecule has 0 aromatic rings. The van der Waals surface area contributed by atoms with Crippen molar-refractivity contribution in [3.05, 3.63) is 0 Å². The zero-order valence-corrected chi connectivity index (χ0v) is 14.5. The molecule has 2 bridgehead atoms. The van der Waals surface area contributed by atoms with E-state index in [9.17, 15) is 0 Å². The Morgan fingerprint density at radius 3 is 2.64 bits per heavy atom. The van der Waals surface area contributed by atoms with Crippen LogP contribution in [-0.2, 0) is 9.47 Å². The standard InChI is InChI=1S/C19H33NO2/c1-19(2)15-7-6-14(10-15)17(19)11-18-21-13-16(22-18)12-20-8-4-3-5-9-20/h14-18H,3-13H2,1-2H3/p+1/t14-,15-,16-,17-,18+/m0/s1. The van der Waals surface area contributed by atoms with E-state index in [0.29, 0.717) is 11.5 Å². The summed E-state index contributed by atoms with van der Waals surface area (Å²) < 4.78 is 12.3. The van der Waals surface area contributed by atoms with E-state index in [4.69, 9.17) is 9.47 Å². The van der Waals surface area contributed by atoms with Crippen LogP contribution in [0.4, 0.5) is 0 Å². The molecule has 2 saturated heterocycles. The maximum atomic E-state index is 6.28. The first-order valence-electron chi connectivity index (χ1n) is 9.73. The van der Waals surface area contributed by atoms with Gasteiger partial charge in [0.25, 0.3) is 0 Å². The van der Waals surface area contributed by atoms with Gasteiger partial charge in [-0.15, -0.1) is 0 Å². The molecule has 2 aliphatic carbocycles. The summed E-state index contributed by atoms with van der Waals surface area (Å²) in [5, 5.41) is 0. The van der Waals surface area contributed by atoms with Crippen molar-refractivity contribution in [2.24, 2.45) is 23.2 Å². The number of nitrogens with one attached hydrogen (secondary N) is 1. The van der Waals surface area contributed by atoms with Gasteiger partial charge in [0.1, 0.15) is 12.6 Å². The summed E-state index contributed by atoms with van der Waals surface area (Å²) in [4.78, 5) is 1.74. The second-order valence-electron chi connectivity index (χ2n) is 8.97.